The van der Waals surface area contributed by atoms with Gasteiger partial charge in [0, 0.05) is 31.2 Å². The second-order valence-electron chi connectivity index (χ2n) is 5.57. The van der Waals surface area contributed by atoms with Crippen molar-refractivity contribution in [3.8, 4) is 0 Å². The van der Waals surface area contributed by atoms with Crippen LogP contribution < -0.4 is 15.1 Å². The first-order valence-electron chi connectivity index (χ1n) is 7.31. The van der Waals surface area contributed by atoms with Crippen molar-refractivity contribution in [1.82, 2.24) is 15.0 Å². The van der Waals surface area contributed by atoms with Gasteiger partial charge in [-0.1, -0.05) is 0 Å². The second kappa shape index (κ2) is 4.94. The third kappa shape index (κ3) is 2.05. The summed E-state index contributed by atoms with van der Waals surface area (Å²) < 4.78 is 0. The normalized spacial score (nSPS) is 19.0. The number of nitrogens with one attached hydrogen (secondary N) is 1. The van der Waals surface area contributed by atoms with Crippen LogP contribution in [0.2, 0.25) is 0 Å². The Morgan fingerprint density at radius 1 is 1.36 bits per heavy atom. The number of fused-ring (bicyclic) bond motifs is 4. The van der Waals surface area contributed by atoms with Crippen molar-refractivity contribution in [1.29, 1.82) is 0 Å². The Morgan fingerprint density at radius 2 is 2.27 bits per heavy atom. The molecule has 0 radical (unpaired) electrons. The summed E-state index contributed by atoms with van der Waals surface area (Å²) in [6.07, 6.45) is 5.61. The van der Waals surface area contributed by atoms with Gasteiger partial charge in [0.05, 0.1) is 17.9 Å². The van der Waals surface area contributed by atoms with Crippen LogP contribution in [0.25, 0.3) is 0 Å². The number of amides is 2. The number of aromatic nitrogens is 3. The van der Waals surface area contributed by atoms with Gasteiger partial charge in [-0.2, -0.15) is 0 Å². The standard InChI is InChI=1S/C15H16N6O/c1-10-2-3-12-14(18-10)21(11-4-7-20(12)9-11)15(22)19-13-8-16-5-6-17-13/h2-3,5-6,8,11H,4,7,9H2,1H3,(H,17,19,22)/t11-/m0/s1. The van der Waals surface area contributed by atoms with Crippen molar-refractivity contribution in [2.45, 2.75) is 19.4 Å². The highest BCUT2D eigenvalue weighted by Crippen LogP contribution is 2.38. The minimum atomic E-state index is -0.202. The largest absolute Gasteiger partial charge is 0.366 e. The van der Waals surface area contributed by atoms with E-state index in [4.69, 9.17) is 0 Å². The Kier molecular flexibility index (Phi) is 2.92. The first-order valence-corrected chi connectivity index (χ1v) is 7.31. The molecule has 0 aliphatic carbocycles. The maximum atomic E-state index is 12.7. The van der Waals surface area contributed by atoms with E-state index in [1.54, 1.807) is 17.3 Å². The number of anilines is 3. The Balaban J connectivity index is 1.69. The topological polar surface area (TPSA) is 74.2 Å². The van der Waals surface area contributed by atoms with Gasteiger partial charge in [-0.05, 0) is 25.5 Å². The van der Waals surface area contributed by atoms with Crippen molar-refractivity contribution in [3.05, 3.63) is 36.4 Å². The average molecular weight is 296 g/mol. The molecule has 0 unspecified atom stereocenters. The van der Waals surface area contributed by atoms with Gasteiger partial charge in [-0.3, -0.25) is 15.2 Å². The van der Waals surface area contributed by atoms with Gasteiger partial charge in [0.1, 0.15) is 0 Å². The van der Waals surface area contributed by atoms with Crippen LogP contribution in [-0.4, -0.2) is 40.1 Å². The van der Waals surface area contributed by atoms with Crippen molar-refractivity contribution in [2.24, 2.45) is 0 Å². The lowest BCUT2D eigenvalue weighted by molar-refractivity contribution is 0.254. The molecule has 2 amide bonds. The molecule has 2 aliphatic rings. The molecule has 2 aliphatic heterocycles. The maximum absolute atomic E-state index is 12.7. The quantitative estimate of drug-likeness (QED) is 0.868. The lowest BCUT2D eigenvalue weighted by Gasteiger charge is -2.35. The molecule has 1 saturated heterocycles. The van der Waals surface area contributed by atoms with Crippen molar-refractivity contribution in [2.75, 3.05) is 28.2 Å². The molecule has 1 atom stereocenters. The molecule has 112 valence electrons. The number of pyridine rings is 1. The molecule has 7 nitrogen and oxygen atoms in total. The molecule has 2 bridgehead atoms. The number of hydrogen-bond donors (Lipinski definition) is 1. The third-order valence-electron chi connectivity index (χ3n) is 4.11. The van der Waals surface area contributed by atoms with E-state index in [1.807, 2.05) is 19.1 Å². The van der Waals surface area contributed by atoms with E-state index in [1.165, 1.54) is 6.20 Å². The van der Waals surface area contributed by atoms with Gasteiger partial charge in [0.15, 0.2) is 11.6 Å². The number of carbonyl (C=O) groups is 1. The Morgan fingerprint density at radius 3 is 3.09 bits per heavy atom. The fourth-order valence-corrected chi connectivity index (χ4v) is 3.10. The zero-order valence-corrected chi connectivity index (χ0v) is 12.2. The average Bonchev–Trinajstić information content (AvgIpc) is 2.93. The highest BCUT2D eigenvalue weighted by molar-refractivity contribution is 6.04. The Bertz CT molecular complexity index is 719. The first-order chi connectivity index (χ1) is 10.7. The maximum Gasteiger partial charge on any atom is 0.329 e. The number of carbonyl (C=O) groups excluding carboxylic acids is 1. The summed E-state index contributed by atoms with van der Waals surface area (Å²) in [7, 11) is 0. The summed E-state index contributed by atoms with van der Waals surface area (Å²) in [5.74, 6) is 1.18. The summed E-state index contributed by atoms with van der Waals surface area (Å²) in [6, 6.07) is 3.97. The molecular weight excluding hydrogens is 280 g/mol. The lowest BCUT2D eigenvalue weighted by Crippen LogP contribution is -2.48. The molecule has 0 saturated carbocycles. The minimum absolute atomic E-state index is 0.151. The highest BCUT2D eigenvalue weighted by Gasteiger charge is 2.40. The molecule has 4 rings (SSSR count). The predicted octanol–water partition coefficient (Wildman–Crippen LogP) is 1.81. The highest BCUT2D eigenvalue weighted by atomic mass is 16.2. The van der Waals surface area contributed by atoms with E-state index in [2.05, 4.69) is 25.2 Å². The van der Waals surface area contributed by atoms with Crippen molar-refractivity contribution >= 4 is 23.4 Å². The monoisotopic (exact) mass is 296 g/mol. The summed E-state index contributed by atoms with van der Waals surface area (Å²) >= 11 is 0. The smallest absolute Gasteiger partial charge is 0.329 e. The molecule has 0 aromatic carbocycles. The van der Waals surface area contributed by atoms with Crippen LogP contribution in [0, 0.1) is 6.92 Å². The van der Waals surface area contributed by atoms with Crippen molar-refractivity contribution < 1.29 is 4.79 Å². The van der Waals surface area contributed by atoms with E-state index in [9.17, 15) is 4.79 Å². The van der Waals surface area contributed by atoms with E-state index in [-0.39, 0.29) is 12.1 Å². The number of nitrogens with zero attached hydrogens (tertiary/aromatic N) is 5. The molecule has 2 aromatic heterocycles. The van der Waals surface area contributed by atoms with Crippen molar-refractivity contribution in [3.63, 3.8) is 0 Å². The van der Waals surface area contributed by atoms with E-state index in [0.717, 1.165) is 36.7 Å². The molecule has 0 spiro atoms. The van der Waals surface area contributed by atoms with Crippen LogP contribution in [0.15, 0.2) is 30.7 Å². The molecule has 1 N–H and O–H groups in total. The molecule has 1 fully saturated rings. The number of aryl methyl sites for hydroxylation is 1. The zero-order valence-electron chi connectivity index (χ0n) is 12.2. The third-order valence-corrected chi connectivity index (χ3v) is 4.11. The SMILES string of the molecule is Cc1ccc2c(n1)N(C(=O)Nc1cnccn1)[C@H]1CCN2C1. The Labute approximate surface area is 128 Å². The van der Waals surface area contributed by atoms with Crippen LogP contribution in [-0.2, 0) is 0 Å². The zero-order chi connectivity index (χ0) is 15.1. The van der Waals surface area contributed by atoms with E-state index < -0.39 is 0 Å². The predicted molar refractivity (Wildman–Crippen MR) is 83.1 cm³/mol. The fraction of sp³-hybridized carbons (Fsp3) is 0.333. The van der Waals surface area contributed by atoms with Gasteiger partial charge in [-0.25, -0.2) is 14.8 Å². The van der Waals surface area contributed by atoms with Gasteiger partial charge < -0.3 is 4.90 Å². The first kappa shape index (κ1) is 13.0. The molecular formula is C15H16N6O. The van der Waals surface area contributed by atoms with Crippen LogP contribution in [0.3, 0.4) is 0 Å². The van der Waals surface area contributed by atoms with Gasteiger partial charge in [0.2, 0.25) is 0 Å². The second-order valence-corrected chi connectivity index (χ2v) is 5.57. The van der Waals surface area contributed by atoms with Gasteiger partial charge in [-0.15, -0.1) is 0 Å². The van der Waals surface area contributed by atoms with Gasteiger partial charge >= 0.3 is 6.03 Å². The number of urea groups is 1. The van der Waals surface area contributed by atoms with E-state index in [0.29, 0.717) is 5.82 Å². The molecule has 7 heteroatoms. The minimum Gasteiger partial charge on any atom is -0.366 e. The Hall–Kier alpha value is -2.70. The van der Waals surface area contributed by atoms with Crippen LogP contribution in [0.1, 0.15) is 12.1 Å². The van der Waals surface area contributed by atoms with Crippen LogP contribution >= 0.6 is 0 Å². The lowest BCUT2D eigenvalue weighted by atomic mass is 10.2. The molecule has 4 heterocycles. The van der Waals surface area contributed by atoms with Crippen LogP contribution in [0.5, 0.6) is 0 Å². The summed E-state index contributed by atoms with van der Waals surface area (Å²) in [4.78, 5) is 29.4. The van der Waals surface area contributed by atoms with E-state index >= 15 is 0 Å². The molecule has 2 aromatic rings. The van der Waals surface area contributed by atoms with Gasteiger partial charge in [0.25, 0.3) is 0 Å². The summed E-state index contributed by atoms with van der Waals surface area (Å²) in [5, 5.41) is 2.81. The number of hydrogen-bond acceptors (Lipinski definition) is 5. The summed E-state index contributed by atoms with van der Waals surface area (Å²) in [5.41, 5.74) is 1.92. The molecule has 22 heavy (non-hydrogen) atoms. The summed E-state index contributed by atoms with van der Waals surface area (Å²) in [6.45, 7) is 3.74. The van der Waals surface area contributed by atoms with Crippen LogP contribution in [0.4, 0.5) is 22.1 Å². The number of rotatable bonds is 1. The fourth-order valence-electron chi connectivity index (χ4n) is 3.10.